The third kappa shape index (κ3) is 6.78. The molecular formula is C33H44IN3O3. The first-order valence-electron chi connectivity index (χ1n) is 14.5. The van der Waals surface area contributed by atoms with Crippen LogP contribution in [0, 0.1) is 14.9 Å². The predicted octanol–water partition coefficient (Wildman–Crippen LogP) is 5.75. The Hall–Kier alpha value is -2.26. The third-order valence-electron chi connectivity index (χ3n) is 8.90. The van der Waals surface area contributed by atoms with Crippen molar-refractivity contribution in [2.75, 3.05) is 7.05 Å². The first-order chi connectivity index (χ1) is 18.8. The van der Waals surface area contributed by atoms with Crippen LogP contribution in [-0.4, -0.2) is 41.1 Å². The van der Waals surface area contributed by atoms with Gasteiger partial charge in [0.2, 0.25) is 11.8 Å². The van der Waals surface area contributed by atoms with Crippen LogP contribution in [0.25, 0.3) is 0 Å². The van der Waals surface area contributed by atoms with Gasteiger partial charge in [-0.1, -0.05) is 51.1 Å². The number of hydrogen-bond donors (Lipinski definition) is 2. The van der Waals surface area contributed by atoms with Gasteiger partial charge in [-0.25, -0.2) is 0 Å². The van der Waals surface area contributed by atoms with E-state index in [1.54, 1.807) is 11.9 Å². The van der Waals surface area contributed by atoms with Crippen LogP contribution >= 0.6 is 22.6 Å². The third-order valence-corrected chi connectivity index (χ3v) is 9.57. The summed E-state index contributed by atoms with van der Waals surface area (Å²) >= 11 is 2.30. The number of carbonyl (C=O) groups excluding carboxylic acids is 3. The molecule has 0 spiro atoms. The van der Waals surface area contributed by atoms with Gasteiger partial charge in [0.25, 0.3) is 0 Å². The first-order valence-corrected chi connectivity index (χ1v) is 15.6. The van der Waals surface area contributed by atoms with Crippen molar-refractivity contribution in [3.05, 3.63) is 68.3 Å². The highest BCUT2D eigenvalue weighted by molar-refractivity contribution is 14.1. The number of nitrogens with zero attached hydrogens (tertiary/aromatic N) is 1. The molecule has 216 valence electrons. The summed E-state index contributed by atoms with van der Waals surface area (Å²) in [6.07, 6.45) is 4.19. The van der Waals surface area contributed by atoms with Crippen molar-refractivity contribution in [2.45, 2.75) is 97.3 Å². The normalized spacial score (nSPS) is 19.8. The minimum Gasteiger partial charge on any atom is -0.347 e. The summed E-state index contributed by atoms with van der Waals surface area (Å²) in [5, 5.41) is 6.41. The summed E-state index contributed by atoms with van der Waals surface area (Å²) in [4.78, 5) is 43.2. The van der Waals surface area contributed by atoms with Crippen molar-refractivity contribution >= 4 is 40.2 Å². The van der Waals surface area contributed by atoms with E-state index < -0.39 is 11.6 Å². The van der Waals surface area contributed by atoms with Crippen LogP contribution in [0.1, 0.15) is 88.6 Å². The fraction of sp³-hybridized carbons (Fsp3) is 0.545. The lowest BCUT2D eigenvalue weighted by Gasteiger charge is -2.41. The fourth-order valence-electron chi connectivity index (χ4n) is 6.04. The van der Waals surface area contributed by atoms with Gasteiger partial charge in [0.15, 0.2) is 5.78 Å². The largest absolute Gasteiger partial charge is 0.347 e. The lowest BCUT2D eigenvalue weighted by Crippen LogP contribution is -2.56. The van der Waals surface area contributed by atoms with Gasteiger partial charge in [0.05, 0.1) is 11.6 Å². The zero-order chi connectivity index (χ0) is 29.2. The zero-order valence-electron chi connectivity index (χ0n) is 24.8. The summed E-state index contributed by atoms with van der Waals surface area (Å²) in [7, 11) is 1.78. The Morgan fingerprint density at radius 2 is 1.75 bits per heavy atom. The number of fused-ring (bicyclic) bond motifs is 2. The Morgan fingerprint density at radius 3 is 2.45 bits per heavy atom. The van der Waals surface area contributed by atoms with Crippen LogP contribution in [0.15, 0.2) is 42.5 Å². The topological polar surface area (TPSA) is 78.5 Å². The van der Waals surface area contributed by atoms with Crippen molar-refractivity contribution in [3.63, 3.8) is 0 Å². The highest BCUT2D eigenvalue weighted by Crippen LogP contribution is 2.36. The Morgan fingerprint density at radius 1 is 1.02 bits per heavy atom. The molecule has 0 radical (unpaired) electrons. The van der Waals surface area contributed by atoms with E-state index in [0.29, 0.717) is 25.8 Å². The van der Waals surface area contributed by atoms with E-state index in [-0.39, 0.29) is 35.0 Å². The molecule has 3 atom stereocenters. The molecule has 0 fully saturated rings. The number of likely N-dealkylation sites (N-methyl/N-ethyl adjacent to an activating group) is 1. The number of hydrogen-bond acceptors (Lipinski definition) is 4. The van der Waals surface area contributed by atoms with Crippen molar-refractivity contribution in [2.24, 2.45) is 11.3 Å². The molecule has 6 nitrogen and oxygen atoms in total. The summed E-state index contributed by atoms with van der Waals surface area (Å²) in [6, 6.07) is 14.0. The number of amides is 2. The van der Waals surface area contributed by atoms with Gasteiger partial charge >= 0.3 is 0 Å². The number of Topliss-reactive ketones (excluding diaryl/α,β-unsaturated/α-hetero) is 1. The molecule has 1 aliphatic carbocycles. The molecule has 7 heteroatoms. The quantitative estimate of drug-likeness (QED) is 0.355. The van der Waals surface area contributed by atoms with Gasteiger partial charge in [-0.2, -0.15) is 0 Å². The highest BCUT2D eigenvalue weighted by Gasteiger charge is 2.42. The summed E-state index contributed by atoms with van der Waals surface area (Å²) in [5.41, 5.74) is 3.67. The van der Waals surface area contributed by atoms with Gasteiger partial charge in [0.1, 0.15) is 6.04 Å². The second kappa shape index (κ2) is 12.3. The van der Waals surface area contributed by atoms with E-state index in [4.69, 9.17) is 0 Å². The van der Waals surface area contributed by atoms with Crippen LogP contribution in [0.4, 0.5) is 0 Å². The molecule has 2 aliphatic rings. The molecule has 40 heavy (non-hydrogen) atoms. The maximum atomic E-state index is 14.4. The van der Waals surface area contributed by atoms with E-state index in [0.717, 1.165) is 34.0 Å². The first kappa shape index (κ1) is 30.7. The van der Waals surface area contributed by atoms with E-state index in [1.807, 2.05) is 19.9 Å². The van der Waals surface area contributed by atoms with Crippen molar-refractivity contribution in [1.82, 2.24) is 15.5 Å². The van der Waals surface area contributed by atoms with Crippen LogP contribution in [-0.2, 0) is 33.8 Å². The zero-order valence-corrected chi connectivity index (χ0v) is 26.9. The molecule has 0 bridgehead atoms. The highest BCUT2D eigenvalue weighted by atomic mass is 127. The molecule has 1 heterocycles. The standard InChI is InChI=1S/C33H44IN3O3/c1-32(2,3)26(16-17-29(38)33(4,5)35-6)31(40)37-20-23-18-24(34)15-14-22(23)19-28(37)30(39)36-27-13-9-11-21-10-7-8-12-25(21)27/h7-8,10,12,14-15,18,26-28,35H,9,11,13,16-17,19-20H2,1-6H3,(H,36,39)/t26-,27-,28+/m1/s1. The van der Waals surface area contributed by atoms with Gasteiger partial charge < -0.3 is 15.5 Å². The second-order valence-electron chi connectivity index (χ2n) is 13.0. The van der Waals surface area contributed by atoms with Gasteiger partial charge in [-0.15, -0.1) is 0 Å². The van der Waals surface area contributed by atoms with Crippen LogP contribution in [0.3, 0.4) is 0 Å². The lowest BCUT2D eigenvalue weighted by molar-refractivity contribution is -0.148. The smallest absolute Gasteiger partial charge is 0.243 e. The Kier molecular flexibility index (Phi) is 9.45. The molecule has 4 rings (SSSR count). The summed E-state index contributed by atoms with van der Waals surface area (Å²) in [6.45, 7) is 10.3. The average molecular weight is 658 g/mol. The second-order valence-corrected chi connectivity index (χ2v) is 14.3. The Balaban J connectivity index is 1.62. The molecule has 1 aliphatic heterocycles. The lowest BCUT2D eigenvalue weighted by atomic mass is 9.75. The number of rotatable bonds is 8. The Labute approximate surface area is 253 Å². The number of benzene rings is 2. The molecule has 2 aromatic rings. The molecular weight excluding hydrogens is 613 g/mol. The summed E-state index contributed by atoms with van der Waals surface area (Å²) in [5.74, 6) is -0.449. The van der Waals surface area contributed by atoms with Gasteiger partial charge in [-0.05, 0) is 109 Å². The molecule has 2 amide bonds. The SMILES string of the molecule is CNC(C)(C)C(=O)CC[C@H](C(=O)N1Cc2cc(I)ccc2C[C@H]1C(=O)N[C@@H]1CCCc2ccccc21)C(C)(C)C. The number of aryl methyl sites for hydroxylation is 1. The number of ketones is 1. The van der Waals surface area contributed by atoms with Crippen LogP contribution < -0.4 is 10.6 Å². The van der Waals surface area contributed by atoms with Crippen molar-refractivity contribution in [3.8, 4) is 0 Å². The molecule has 0 saturated carbocycles. The van der Waals surface area contributed by atoms with E-state index >= 15 is 0 Å². The Bertz CT molecular complexity index is 1270. The number of carbonyl (C=O) groups is 3. The van der Waals surface area contributed by atoms with E-state index in [9.17, 15) is 14.4 Å². The minimum absolute atomic E-state index is 0.0451. The molecule has 0 unspecified atom stereocenters. The number of nitrogens with one attached hydrogen (secondary N) is 2. The van der Waals surface area contributed by atoms with E-state index in [1.165, 1.54) is 11.1 Å². The molecule has 0 saturated heterocycles. The molecule has 2 N–H and O–H groups in total. The fourth-order valence-corrected chi connectivity index (χ4v) is 6.60. The molecule has 0 aromatic heterocycles. The maximum absolute atomic E-state index is 14.4. The average Bonchev–Trinajstić information content (AvgIpc) is 2.91. The predicted molar refractivity (Wildman–Crippen MR) is 168 cm³/mol. The van der Waals surface area contributed by atoms with Crippen LogP contribution in [0.2, 0.25) is 0 Å². The minimum atomic E-state index is -0.648. The van der Waals surface area contributed by atoms with Gasteiger partial charge in [-0.3, -0.25) is 14.4 Å². The van der Waals surface area contributed by atoms with Crippen molar-refractivity contribution < 1.29 is 14.4 Å². The maximum Gasteiger partial charge on any atom is 0.243 e. The molecule has 2 aromatic carbocycles. The monoisotopic (exact) mass is 657 g/mol. The number of halogens is 1. The van der Waals surface area contributed by atoms with Gasteiger partial charge in [0, 0.05) is 28.9 Å². The van der Waals surface area contributed by atoms with Crippen molar-refractivity contribution in [1.29, 1.82) is 0 Å². The van der Waals surface area contributed by atoms with Crippen LogP contribution in [0.5, 0.6) is 0 Å². The summed E-state index contributed by atoms with van der Waals surface area (Å²) < 4.78 is 1.11. The van der Waals surface area contributed by atoms with E-state index in [2.05, 4.69) is 90.4 Å².